The summed E-state index contributed by atoms with van der Waals surface area (Å²) in [7, 11) is 8.90. The Bertz CT molecular complexity index is 209. The molecular weight excluding hydrogens is 288 g/mol. The topological polar surface area (TPSA) is 46.2 Å². The van der Waals surface area contributed by atoms with Gasteiger partial charge in [0.15, 0.2) is 0 Å². The van der Waals surface area contributed by atoms with Gasteiger partial charge in [-0.05, 0) is 6.92 Å². The lowest BCUT2D eigenvalue weighted by Gasteiger charge is -2.43. The van der Waals surface area contributed by atoms with Crippen molar-refractivity contribution in [3.63, 3.8) is 0 Å². The predicted molar refractivity (Wildman–Crippen MR) is 73.7 cm³/mol. The third-order valence-electron chi connectivity index (χ3n) is 2.60. The van der Waals surface area contributed by atoms with Gasteiger partial charge >= 0.3 is 0 Å². The molecule has 16 heavy (non-hydrogen) atoms. The van der Waals surface area contributed by atoms with E-state index >= 15 is 0 Å². The Morgan fingerprint density at radius 2 is 1.50 bits per heavy atom. The zero-order valence-electron chi connectivity index (χ0n) is 8.94. The molecule has 0 aromatic rings. The second-order valence-electron chi connectivity index (χ2n) is 3.52. The number of rotatable bonds is 5. The van der Waals surface area contributed by atoms with Crippen LogP contribution in [-0.4, -0.2) is 37.1 Å². The Morgan fingerprint density at radius 1 is 0.938 bits per heavy atom. The summed E-state index contributed by atoms with van der Waals surface area (Å²) in [4.78, 5) is 0. The van der Waals surface area contributed by atoms with Crippen molar-refractivity contribution in [2.75, 3.05) is 6.61 Å². The van der Waals surface area contributed by atoms with Crippen LogP contribution in [0.15, 0.2) is 0 Å². The molecule has 0 spiro atoms. The highest BCUT2D eigenvalue weighted by Gasteiger charge is 2.45. The third kappa shape index (κ3) is 3.51. The minimum absolute atomic E-state index is 0.0930. The molecule has 1 aliphatic rings. The molecule has 0 amide bonds. The summed E-state index contributed by atoms with van der Waals surface area (Å²) in [5.41, 5.74) is 0. The molecule has 0 N–H and O–H groups in total. The highest BCUT2D eigenvalue weighted by molar-refractivity contribution is 7.10. The van der Waals surface area contributed by atoms with Crippen molar-refractivity contribution in [1.82, 2.24) is 0 Å². The largest absolute Gasteiger partial charge is 0.367 e. The van der Waals surface area contributed by atoms with E-state index in [2.05, 4.69) is 37.9 Å². The van der Waals surface area contributed by atoms with Gasteiger partial charge in [-0.25, -0.2) is 0 Å². The van der Waals surface area contributed by atoms with Crippen molar-refractivity contribution >= 4 is 37.9 Å². The first-order valence-corrected chi connectivity index (χ1v) is 6.61. The first-order valence-electron chi connectivity index (χ1n) is 4.73. The predicted octanol–water partition coefficient (Wildman–Crippen LogP) is 1.11. The van der Waals surface area contributed by atoms with E-state index in [9.17, 15) is 0 Å². The summed E-state index contributed by atoms with van der Waals surface area (Å²) in [6.07, 6.45) is -0.968. The Balaban J connectivity index is 2.78. The zero-order chi connectivity index (χ0) is 12.1. The van der Waals surface area contributed by atoms with Gasteiger partial charge < -0.3 is 22.8 Å². The Kier molecular flexibility index (Phi) is 7.64. The molecule has 0 aromatic heterocycles. The molecule has 9 heteroatoms. The molecule has 1 rings (SSSR count). The summed E-state index contributed by atoms with van der Waals surface area (Å²) in [5, 5.41) is 0. The van der Waals surface area contributed by atoms with Crippen LogP contribution in [0.5, 0.6) is 0 Å². The normalized spacial score (nSPS) is 39.9. The molecule has 1 heterocycles. The van der Waals surface area contributed by atoms with Crippen molar-refractivity contribution in [1.29, 1.82) is 0 Å². The van der Waals surface area contributed by atoms with E-state index in [0.29, 0.717) is 6.61 Å². The van der Waals surface area contributed by atoms with Gasteiger partial charge in [-0.15, -0.1) is 0 Å². The average Bonchev–Trinajstić information content (AvgIpc) is 2.28. The van der Waals surface area contributed by atoms with Crippen LogP contribution >= 0.6 is 37.9 Å². The lowest BCUT2D eigenvalue weighted by Crippen LogP contribution is -2.58. The third-order valence-corrected chi connectivity index (χ3v) is 3.73. The van der Waals surface area contributed by atoms with Gasteiger partial charge in [0.25, 0.3) is 0 Å². The van der Waals surface area contributed by atoms with Crippen LogP contribution in [0.4, 0.5) is 0 Å². The van der Waals surface area contributed by atoms with Crippen LogP contribution in [0.3, 0.4) is 0 Å². The number of hydrogen-bond donors (Lipinski definition) is 0. The van der Waals surface area contributed by atoms with Crippen LogP contribution in [0.25, 0.3) is 0 Å². The summed E-state index contributed by atoms with van der Waals surface area (Å²) in [6.45, 7) is 2.35. The Hall–Kier alpha value is 1.52. The van der Waals surface area contributed by atoms with Crippen molar-refractivity contribution in [2.24, 2.45) is 0 Å². The SMILES string of the molecule is CC1OC(COP)C(OP)C(OP)C1OP. The smallest absolute Gasteiger partial charge is 0.119 e. The van der Waals surface area contributed by atoms with Crippen LogP contribution < -0.4 is 0 Å². The Labute approximate surface area is 105 Å². The molecule has 1 fully saturated rings. The summed E-state index contributed by atoms with van der Waals surface area (Å²) in [5.74, 6) is 0. The second kappa shape index (κ2) is 7.85. The van der Waals surface area contributed by atoms with Crippen LogP contribution in [-0.2, 0) is 22.8 Å². The molecule has 0 aromatic carbocycles. The molecule has 9 atom stereocenters. The summed E-state index contributed by atoms with van der Waals surface area (Å²) >= 11 is 0. The maximum atomic E-state index is 5.76. The van der Waals surface area contributed by atoms with Crippen LogP contribution in [0, 0.1) is 0 Å². The quantitative estimate of drug-likeness (QED) is 0.712. The lowest BCUT2D eigenvalue weighted by molar-refractivity contribution is -0.193. The maximum absolute atomic E-state index is 5.76. The minimum Gasteiger partial charge on any atom is -0.367 e. The molecule has 96 valence electrons. The molecule has 1 aliphatic heterocycles. The molecular formula is C7H18O5P4. The molecule has 1 saturated heterocycles. The zero-order valence-corrected chi connectivity index (χ0v) is 13.6. The van der Waals surface area contributed by atoms with Crippen molar-refractivity contribution in [2.45, 2.75) is 37.4 Å². The van der Waals surface area contributed by atoms with Gasteiger partial charge in [0, 0.05) is 37.9 Å². The molecule has 5 nitrogen and oxygen atoms in total. The van der Waals surface area contributed by atoms with E-state index in [0.717, 1.165) is 0 Å². The molecule has 0 aliphatic carbocycles. The lowest BCUT2D eigenvalue weighted by atomic mass is 9.96. The Morgan fingerprint density at radius 3 is 1.94 bits per heavy atom. The summed E-state index contributed by atoms with van der Waals surface area (Å²) in [6, 6.07) is 0. The van der Waals surface area contributed by atoms with Crippen LogP contribution in [0.1, 0.15) is 6.92 Å². The van der Waals surface area contributed by atoms with Crippen molar-refractivity contribution in [3.8, 4) is 0 Å². The van der Waals surface area contributed by atoms with Gasteiger partial charge in [0.1, 0.15) is 24.4 Å². The van der Waals surface area contributed by atoms with E-state index in [1.165, 1.54) is 0 Å². The second-order valence-corrected chi connectivity index (χ2v) is 4.66. The van der Waals surface area contributed by atoms with Gasteiger partial charge in [-0.2, -0.15) is 0 Å². The molecule has 0 saturated carbocycles. The number of hydrogen-bond acceptors (Lipinski definition) is 5. The fourth-order valence-electron chi connectivity index (χ4n) is 1.83. The first kappa shape index (κ1) is 15.6. The van der Waals surface area contributed by atoms with Crippen molar-refractivity contribution in [3.05, 3.63) is 0 Å². The standard InChI is InChI=1S/C7H18O5P4/c1-3-5(10-14)7(12-16)6(11-15)4(9-3)2-8-13/h3-7H,2,13-16H2,1H3. The van der Waals surface area contributed by atoms with E-state index < -0.39 is 0 Å². The summed E-state index contributed by atoms with van der Waals surface area (Å²) < 4.78 is 26.7. The van der Waals surface area contributed by atoms with E-state index in [-0.39, 0.29) is 30.5 Å². The highest BCUT2D eigenvalue weighted by atomic mass is 31.0. The average molecular weight is 306 g/mol. The van der Waals surface area contributed by atoms with E-state index in [4.69, 9.17) is 22.8 Å². The van der Waals surface area contributed by atoms with Crippen LogP contribution in [0.2, 0.25) is 0 Å². The highest BCUT2D eigenvalue weighted by Crippen LogP contribution is 2.31. The van der Waals surface area contributed by atoms with Gasteiger partial charge in [-0.3, -0.25) is 0 Å². The molecule has 9 unspecified atom stereocenters. The van der Waals surface area contributed by atoms with Gasteiger partial charge in [0.05, 0.1) is 12.7 Å². The first-order chi connectivity index (χ1) is 7.69. The minimum atomic E-state index is -0.259. The maximum Gasteiger partial charge on any atom is 0.119 e. The number of ether oxygens (including phenoxy) is 1. The van der Waals surface area contributed by atoms with E-state index in [1.807, 2.05) is 6.92 Å². The molecule has 0 radical (unpaired) electrons. The van der Waals surface area contributed by atoms with Crippen molar-refractivity contribution < 1.29 is 22.8 Å². The monoisotopic (exact) mass is 306 g/mol. The molecule has 0 bridgehead atoms. The fourth-order valence-corrected chi connectivity index (χ4v) is 3.04. The van der Waals surface area contributed by atoms with Gasteiger partial charge in [0.2, 0.25) is 0 Å². The fraction of sp³-hybridized carbons (Fsp3) is 1.00. The van der Waals surface area contributed by atoms with Gasteiger partial charge in [-0.1, -0.05) is 0 Å². The van der Waals surface area contributed by atoms with E-state index in [1.54, 1.807) is 0 Å².